The van der Waals surface area contributed by atoms with Crippen LogP contribution in [0.4, 0.5) is 0 Å². The van der Waals surface area contributed by atoms with E-state index in [1.165, 1.54) is 405 Å². The summed E-state index contributed by atoms with van der Waals surface area (Å²) in [5.41, 5.74) is 0. The van der Waals surface area contributed by atoms with Crippen LogP contribution in [-0.2, 0) is 14.3 Å². The Bertz CT molecular complexity index is 1350. The van der Waals surface area contributed by atoms with Crippen molar-refractivity contribution in [2.45, 2.75) is 495 Å². The topological polar surface area (TPSA) is 95.9 Å². The number of unbranched alkanes of at least 4 members (excludes halogenated alkanes) is 66. The summed E-state index contributed by atoms with van der Waals surface area (Å²) >= 11 is 0. The molecule has 0 radical (unpaired) electrons. The summed E-state index contributed by atoms with van der Waals surface area (Å²) in [6.45, 7) is 4.99. The summed E-state index contributed by atoms with van der Waals surface area (Å²) in [6.07, 6.45) is 100. The number of aliphatic hydroxyl groups is 2. The van der Waals surface area contributed by atoms with Crippen molar-refractivity contribution >= 4 is 11.9 Å². The van der Waals surface area contributed by atoms with Gasteiger partial charge in [0.1, 0.15) is 0 Å². The second-order valence-corrected chi connectivity index (χ2v) is 28.8. The van der Waals surface area contributed by atoms with Gasteiger partial charge in [0.15, 0.2) is 0 Å². The molecule has 0 aromatic carbocycles. The molecule has 0 spiro atoms. The van der Waals surface area contributed by atoms with Crippen molar-refractivity contribution in [2.24, 2.45) is 0 Å². The van der Waals surface area contributed by atoms with E-state index < -0.39 is 12.1 Å². The maximum absolute atomic E-state index is 12.6. The number of ether oxygens (including phenoxy) is 1. The van der Waals surface area contributed by atoms with E-state index in [2.05, 4.69) is 31.3 Å². The maximum Gasteiger partial charge on any atom is 0.305 e. The van der Waals surface area contributed by atoms with E-state index >= 15 is 0 Å². The molecule has 0 aliphatic carbocycles. The molecule has 0 aliphatic heterocycles. The fraction of sp³-hybridized carbons (Fsp3) is 0.952. The van der Waals surface area contributed by atoms with Crippen LogP contribution in [0.25, 0.3) is 0 Å². The van der Waals surface area contributed by atoms with Crippen LogP contribution in [0.1, 0.15) is 483 Å². The Kier molecular flexibility index (Phi) is 77.8. The number of aliphatic hydroxyl groups excluding tert-OH is 2. The first kappa shape index (κ1) is 87.6. The Morgan fingerprint density at radius 3 is 0.820 bits per heavy atom. The molecule has 3 N–H and O–H groups in total. The number of allylic oxidation sites excluding steroid dienone is 2. The monoisotopic (exact) mass is 1250 g/mol. The smallest absolute Gasteiger partial charge is 0.305 e. The quantitative estimate of drug-likeness (QED) is 0.0320. The third-order valence-electron chi connectivity index (χ3n) is 19.8. The van der Waals surface area contributed by atoms with Crippen LogP contribution in [0.5, 0.6) is 0 Å². The molecule has 0 heterocycles. The molecule has 0 saturated heterocycles. The molecule has 530 valence electrons. The van der Waals surface area contributed by atoms with Gasteiger partial charge in [-0.15, -0.1) is 0 Å². The molecule has 0 saturated carbocycles. The van der Waals surface area contributed by atoms with Gasteiger partial charge in [-0.05, 0) is 51.4 Å². The van der Waals surface area contributed by atoms with Crippen LogP contribution in [-0.4, -0.2) is 47.4 Å². The average molecular weight is 1260 g/mol. The second-order valence-electron chi connectivity index (χ2n) is 28.8. The predicted molar refractivity (Wildman–Crippen MR) is 394 cm³/mol. The number of amides is 1. The lowest BCUT2D eigenvalue weighted by Crippen LogP contribution is -2.45. The van der Waals surface area contributed by atoms with Gasteiger partial charge in [0.25, 0.3) is 0 Å². The molecule has 0 aliphatic rings. The highest BCUT2D eigenvalue weighted by molar-refractivity contribution is 5.76. The van der Waals surface area contributed by atoms with Crippen LogP contribution in [0.15, 0.2) is 12.2 Å². The lowest BCUT2D eigenvalue weighted by Gasteiger charge is -2.22. The van der Waals surface area contributed by atoms with Gasteiger partial charge < -0.3 is 20.3 Å². The summed E-state index contributed by atoms with van der Waals surface area (Å²) in [7, 11) is 0. The van der Waals surface area contributed by atoms with Crippen molar-refractivity contribution in [3.63, 3.8) is 0 Å². The first-order valence-corrected chi connectivity index (χ1v) is 41.4. The standard InChI is InChI=1S/C83H163NO5/c1-3-5-7-9-11-13-15-17-18-19-20-21-22-34-37-40-43-46-49-52-55-59-63-67-71-75-81(86)80(79-85)84-82(87)76-72-68-64-60-56-53-50-47-44-41-38-35-32-30-28-26-24-23-25-27-29-31-33-36-39-42-45-48-51-54-58-62-66-70-74-78-89-83(88)77-73-69-65-61-57-16-14-12-10-8-6-4-2/h12,14,80-81,85-86H,3-11,13,15-79H2,1-2H3,(H,84,87)/b14-12-. The third kappa shape index (κ3) is 75.5. The number of esters is 1. The van der Waals surface area contributed by atoms with Crippen molar-refractivity contribution in [3.8, 4) is 0 Å². The molecule has 89 heavy (non-hydrogen) atoms. The molecule has 2 unspecified atom stereocenters. The number of carbonyl (C=O) groups excluding carboxylic acids is 2. The van der Waals surface area contributed by atoms with Crippen LogP contribution in [0, 0.1) is 0 Å². The first-order valence-electron chi connectivity index (χ1n) is 41.4. The van der Waals surface area contributed by atoms with Crippen molar-refractivity contribution in [1.82, 2.24) is 5.32 Å². The van der Waals surface area contributed by atoms with Gasteiger partial charge in [0.05, 0.1) is 25.4 Å². The Morgan fingerprint density at radius 2 is 0.528 bits per heavy atom. The van der Waals surface area contributed by atoms with Gasteiger partial charge >= 0.3 is 5.97 Å². The molecule has 1 amide bonds. The number of rotatable bonds is 79. The summed E-state index contributed by atoms with van der Waals surface area (Å²) in [5.74, 6) is -0.00943. The number of hydrogen-bond donors (Lipinski definition) is 3. The Morgan fingerprint density at radius 1 is 0.303 bits per heavy atom. The van der Waals surface area contributed by atoms with Crippen LogP contribution >= 0.6 is 0 Å². The van der Waals surface area contributed by atoms with Gasteiger partial charge in [-0.25, -0.2) is 0 Å². The lowest BCUT2D eigenvalue weighted by molar-refractivity contribution is -0.143. The summed E-state index contributed by atoms with van der Waals surface area (Å²) in [4.78, 5) is 24.6. The van der Waals surface area contributed by atoms with Crippen molar-refractivity contribution in [2.75, 3.05) is 13.2 Å². The highest BCUT2D eigenvalue weighted by Crippen LogP contribution is 2.21. The maximum atomic E-state index is 12.6. The second kappa shape index (κ2) is 79.0. The van der Waals surface area contributed by atoms with E-state index in [9.17, 15) is 19.8 Å². The van der Waals surface area contributed by atoms with E-state index in [0.29, 0.717) is 25.9 Å². The minimum Gasteiger partial charge on any atom is -0.466 e. The van der Waals surface area contributed by atoms with Crippen molar-refractivity contribution < 1.29 is 24.5 Å². The van der Waals surface area contributed by atoms with Crippen LogP contribution in [0.2, 0.25) is 0 Å². The SMILES string of the molecule is CCCCC/C=C\CCCCCCCC(=O)OCCCCCCCCCCCCCCCCCCCCCCCCCCCCCCCCCCCCCC(=O)NC(CO)C(O)CCCCCCCCCCCCCCCCCCCCCCCCCCC. The van der Waals surface area contributed by atoms with Crippen LogP contribution in [0.3, 0.4) is 0 Å². The molecule has 0 aromatic heterocycles. The zero-order valence-electron chi connectivity index (χ0n) is 61.0. The van der Waals surface area contributed by atoms with Gasteiger partial charge in [-0.2, -0.15) is 0 Å². The van der Waals surface area contributed by atoms with Crippen LogP contribution < -0.4 is 5.32 Å². The summed E-state index contributed by atoms with van der Waals surface area (Å²) < 4.78 is 5.48. The Labute approximate surface area is 559 Å². The molecule has 2 atom stereocenters. The minimum atomic E-state index is -0.662. The van der Waals surface area contributed by atoms with Gasteiger partial charge in [0.2, 0.25) is 5.91 Å². The summed E-state index contributed by atoms with van der Waals surface area (Å²) in [5, 5.41) is 23.5. The normalized spacial score (nSPS) is 12.4. The van der Waals surface area contributed by atoms with Crippen molar-refractivity contribution in [1.29, 1.82) is 0 Å². The molecule has 0 fully saturated rings. The zero-order chi connectivity index (χ0) is 64.2. The minimum absolute atomic E-state index is 0.0136. The highest BCUT2D eigenvalue weighted by Gasteiger charge is 2.20. The van der Waals surface area contributed by atoms with Gasteiger partial charge in [-0.3, -0.25) is 9.59 Å². The zero-order valence-corrected chi connectivity index (χ0v) is 61.0. The fourth-order valence-corrected chi connectivity index (χ4v) is 13.5. The third-order valence-corrected chi connectivity index (χ3v) is 19.8. The number of hydrogen-bond acceptors (Lipinski definition) is 5. The van der Waals surface area contributed by atoms with E-state index in [-0.39, 0.29) is 18.5 Å². The van der Waals surface area contributed by atoms with E-state index in [1.807, 2.05) is 0 Å². The van der Waals surface area contributed by atoms with E-state index in [0.717, 1.165) is 44.9 Å². The first-order chi connectivity index (χ1) is 44.0. The Hall–Kier alpha value is -1.40. The van der Waals surface area contributed by atoms with Gasteiger partial charge in [-0.1, -0.05) is 431 Å². The Balaban J connectivity index is 3.32. The largest absolute Gasteiger partial charge is 0.466 e. The molecule has 0 rings (SSSR count). The molecule has 0 aromatic rings. The fourth-order valence-electron chi connectivity index (χ4n) is 13.5. The molecule has 6 nitrogen and oxygen atoms in total. The lowest BCUT2D eigenvalue weighted by atomic mass is 10.0. The van der Waals surface area contributed by atoms with E-state index in [1.54, 1.807) is 0 Å². The number of nitrogens with one attached hydrogen (secondary N) is 1. The molecule has 0 bridgehead atoms. The van der Waals surface area contributed by atoms with Crippen molar-refractivity contribution in [3.05, 3.63) is 12.2 Å². The summed E-state index contributed by atoms with van der Waals surface area (Å²) in [6, 6.07) is -0.538. The van der Waals surface area contributed by atoms with Gasteiger partial charge in [0, 0.05) is 12.8 Å². The molecular weight excluding hydrogens is 1090 g/mol. The van der Waals surface area contributed by atoms with E-state index in [4.69, 9.17) is 4.74 Å². The molecule has 6 heteroatoms. The number of carbonyl (C=O) groups is 2. The molecular formula is C83H163NO5. The average Bonchev–Trinajstić information content (AvgIpc) is 3.65. The predicted octanol–water partition coefficient (Wildman–Crippen LogP) is 27.4. The highest BCUT2D eigenvalue weighted by atomic mass is 16.5.